The molecule has 2 atom stereocenters. The molecule has 6 nitrogen and oxygen atoms in total. The molecule has 2 unspecified atom stereocenters. The number of unbranched alkanes of at least 4 members (excludes halogenated alkanes) is 1. The molecule has 3 aromatic carbocycles. The van der Waals surface area contributed by atoms with Crippen LogP contribution in [0.1, 0.15) is 64.2 Å². The van der Waals surface area contributed by atoms with Gasteiger partial charge in [-0.05, 0) is 52.9 Å². The number of esters is 1. The third kappa shape index (κ3) is 3.78. The maximum absolute atomic E-state index is 13.8. The average molecular weight is 496 g/mol. The lowest BCUT2D eigenvalue weighted by Crippen LogP contribution is -2.41. The summed E-state index contributed by atoms with van der Waals surface area (Å²) in [5.74, 6) is -1.95. The van der Waals surface area contributed by atoms with Gasteiger partial charge in [-0.3, -0.25) is 9.59 Å². The molecule has 6 heteroatoms. The highest BCUT2D eigenvalue weighted by Crippen LogP contribution is 2.61. The maximum Gasteiger partial charge on any atom is 0.338 e. The lowest BCUT2D eigenvalue weighted by Gasteiger charge is -2.45. The topological polar surface area (TPSA) is 72.9 Å². The molecule has 3 aromatic rings. The first-order valence-electron chi connectivity index (χ1n) is 13.0. The van der Waals surface area contributed by atoms with E-state index in [0.717, 1.165) is 35.1 Å². The zero-order chi connectivity index (χ0) is 25.5. The molecule has 2 amide bonds. The van der Waals surface area contributed by atoms with Crippen molar-refractivity contribution in [3.05, 3.63) is 101 Å². The number of amides is 2. The van der Waals surface area contributed by atoms with Crippen molar-refractivity contribution >= 4 is 23.5 Å². The van der Waals surface area contributed by atoms with Crippen molar-refractivity contribution in [2.45, 2.75) is 31.6 Å². The number of hydrogen-bond donors (Lipinski definition) is 0. The second-order valence-corrected chi connectivity index (χ2v) is 9.93. The van der Waals surface area contributed by atoms with E-state index in [0.29, 0.717) is 24.5 Å². The molecule has 1 aliphatic heterocycles. The van der Waals surface area contributed by atoms with Crippen LogP contribution in [-0.4, -0.2) is 37.6 Å². The van der Waals surface area contributed by atoms with E-state index < -0.39 is 17.8 Å². The smallest absolute Gasteiger partial charge is 0.338 e. The van der Waals surface area contributed by atoms with Gasteiger partial charge in [-0.2, -0.15) is 0 Å². The largest absolute Gasteiger partial charge is 0.460 e. The Hall–Kier alpha value is -3.77. The summed E-state index contributed by atoms with van der Waals surface area (Å²) in [6, 6.07) is 22.9. The number of anilines is 1. The van der Waals surface area contributed by atoms with Crippen LogP contribution in [0.25, 0.3) is 0 Å². The first-order valence-corrected chi connectivity index (χ1v) is 13.0. The van der Waals surface area contributed by atoms with Crippen LogP contribution in [0.4, 0.5) is 5.69 Å². The molecular formula is C31H29NO5. The van der Waals surface area contributed by atoms with Crippen molar-refractivity contribution in [1.29, 1.82) is 0 Å². The van der Waals surface area contributed by atoms with Crippen molar-refractivity contribution < 1.29 is 23.9 Å². The van der Waals surface area contributed by atoms with Crippen LogP contribution < -0.4 is 4.90 Å². The minimum atomic E-state index is -0.456. The number of ether oxygens (including phenoxy) is 2. The van der Waals surface area contributed by atoms with Crippen molar-refractivity contribution in [2.75, 3.05) is 24.7 Å². The molecule has 2 bridgehead atoms. The van der Waals surface area contributed by atoms with E-state index in [1.54, 1.807) is 24.3 Å². The highest BCUT2D eigenvalue weighted by molar-refractivity contribution is 6.23. The van der Waals surface area contributed by atoms with E-state index in [1.807, 2.05) is 24.3 Å². The molecule has 0 saturated carbocycles. The summed E-state index contributed by atoms with van der Waals surface area (Å²) in [6.45, 7) is 3.28. The van der Waals surface area contributed by atoms with Gasteiger partial charge in [-0.1, -0.05) is 61.9 Å². The predicted molar refractivity (Wildman–Crippen MR) is 138 cm³/mol. The van der Waals surface area contributed by atoms with Gasteiger partial charge in [0.05, 0.1) is 29.7 Å². The molecular weight excluding hydrogens is 466 g/mol. The van der Waals surface area contributed by atoms with Crippen molar-refractivity contribution in [2.24, 2.45) is 11.8 Å². The number of rotatable bonds is 8. The molecule has 7 rings (SSSR count). The second-order valence-electron chi connectivity index (χ2n) is 9.93. The number of carbonyl (C=O) groups excluding carboxylic acids is 3. The fraction of sp³-hybridized carbons (Fsp3) is 0.323. The number of imide groups is 1. The maximum atomic E-state index is 13.8. The number of nitrogens with zero attached hydrogens (tertiary/aromatic N) is 1. The summed E-state index contributed by atoms with van der Waals surface area (Å²) in [6.07, 6.45) is 2.03. The number of benzene rings is 3. The lowest BCUT2D eigenvalue weighted by molar-refractivity contribution is -0.122. The minimum Gasteiger partial charge on any atom is -0.460 e. The van der Waals surface area contributed by atoms with Crippen molar-refractivity contribution in [3.8, 4) is 0 Å². The molecule has 0 radical (unpaired) electrons. The lowest BCUT2D eigenvalue weighted by atomic mass is 9.55. The van der Waals surface area contributed by atoms with Crippen LogP contribution in [0, 0.1) is 11.8 Å². The Labute approximate surface area is 216 Å². The Balaban J connectivity index is 1.23. The van der Waals surface area contributed by atoms with Gasteiger partial charge in [0.1, 0.15) is 6.61 Å². The molecule has 1 fully saturated rings. The highest BCUT2D eigenvalue weighted by atomic mass is 16.6. The van der Waals surface area contributed by atoms with Crippen LogP contribution in [0.15, 0.2) is 72.8 Å². The normalized spacial score (nSPS) is 23.0. The highest BCUT2D eigenvalue weighted by Gasteiger charge is 2.61. The zero-order valence-electron chi connectivity index (χ0n) is 20.8. The third-order valence-corrected chi connectivity index (χ3v) is 7.91. The molecule has 188 valence electrons. The molecule has 0 N–H and O–H groups in total. The van der Waals surface area contributed by atoms with Gasteiger partial charge in [-0.25, -0.2) is 9.69 Å². The van der Waals surface area contributed by atoms with Crippen LogP contribution in [0.2, 0.25) is 0 Å². The van der Waals surface area contributed by atoms with Crippen molar-refractivity contribution in [1.82, 2.24) is 0 Å². The molecule has 3 aliphatic carbocycles. The third-order valence-electron chi connectivity index (χ3n) is 7.91. The van der Waals surface area contributed by atoms with E-state index in [2.05, 4.69) is 31.2 Å². The monoisotopic (exact) mass is 495 g/mol. The van der Waals surface area contributed by atoms with Gasteiger partial charge >= 0.3 is 5.97 Å². The fourth-order valence-electron chi connectivity index (χ4n) is 6.30. The Morgan fingerprint density at radius 2 is 1.24 bits per heavy atom. The molecule has 0 aromatic heterocycles. The summed E-state index contributed by atoms with van der Waals surface area (Å²) >= 11 is 0. The Kier molecular flexibility index (Phi) is 6.13. The Morgan fingerprint density at radius 3 is 1.73 bits per heavy atom. The van der Waals surface area contributed by atoms with Crippen LogP contribution in [0.3, 0.4) is 0 Å². The Bertz CT molecular complexity index is 1250. The van der Waals surface area contributed by atoms with Gasteiger partial charge in [0.15, 0.2) is 0 Å². The van der Waals surface area contributed by atoms with Gasteiger partial charge in [-0.15, -0.1) is 0 Å². The SMILES string of the molecule is CCCCOCCOC(=O)c1ccc(N2C(=O)C3C4c5ccccc5C(c5ccccc54)C3C2=O)cc1. The predicted octanol–water partition coefficient (Wildman–Crippen LogP) is 5.06. The van der Waals surface area contributed by atoms with E-state index in [4.69, 9.17) is 9.47 Å². The average Bonchev–Trinajstić information content (AvgIpc) is 3.20. The minimum absolute atomic E-state index is 0.141. The summed E-state index contributed by atoms with van der Waals surface area (Å²) in [4.78, 5) is 41.4. The molecule has 1 heterocycles. The number of carbonyl (C=O) groups is 3. The first kappa shape index (κ1) is 23.6. The van der Waals surface area contributed by atoms with E-state index in [-0.39, 0.29) is 30.3 Å². The van der Waals surface area contributed by atoms with E-state index >= 15 is 0 Å². The molecule has 37 heavy (non-hydrogen) atoms. The summed E-state index contributed by atoms with van der Waals surface area (Å²) in [5, 5.41) is 0. The Morgan fingerprint density at radius 1 is 0.730 bits per heavy atom. The van der Waals surface area contributed by atoms with Crippen molar-refractivity contribution in [3.63, 3.8) is 0 Å². The summed E-state index contributed by atoms with van der Waals surface area (Å²) in [5.41, 5.74) is 5.43. The van der Waals surface area contributed by atoms with Gasteiger partial charge in [0.2, 0.25) is 11.8 Å². The first-order chi connectivity index (χ1) is 18.1. The molecule has 0 spiro atoms. The van der Waals surface area contributed by atoms with Crippen LogP contribution >= 0.6 is 0 Å². The van der Waals surface area contributed by atoms with E-state index in [1.165, 1.54) is 4.90 Å². The zero-order valence-corrected chi connectivity index (χ0v) is 20.8. The summed E-state index contributed by atoms with van der Waals surface area (Å²) in [7, 11) is 0. The van der Waals surface area contributed by atoms with Crippen LogP contribution in [0.5, 0.6) is 0 Å². The fourth-order valence-corrected chi connectivity index (χ4v) is 6.30. The van der Waals surface area contributed by atoms with Crippen LogP contribution in [-0.2, 0) is 19.1 Å². The molecule has 4 aliphatic rings. The summed E-state index contributed by atoms with van der Waals surface area (Å²) < 4.78 is 10.7. The quantitative estimate of drug-likeness (QED) is 0.248. The van der Waals surface area contributed by atoms with Gasteiger partial charge in [0.25, 0.3) is 0 Å². The second kappa shape index (κ2) is 9.60. The van der Waals surface area contributed by atoms with Gasteiger partial charge in [0, 0.05) is 18.4 Å². The molecule has 1 saturated heterocycles. The van der Waals surface area contributed by atoms with E-state index in [9.17, 15) is 14.4 Å². The number of hydrogen-bond acceptors (Lipinski definition) is 5. The van der Waals surface area contributed by atoms with Gasteiger partial charge < -0.3 is 9.47 Å². The standard InChI is InChI=1S/C31H29NO5/c1-2-3-16-36-17-18-37-31(35)19-12-14-20(15-13-19)32-29(33)27-25-21-8-4-5-9-22(21)26(28(27)30(32)34)24-11-7-6-10-23(24)25/h4-15,25-28H,2-3,16-18H2,1H3.